The first-order valence-electron chi connectivity index (χ1n) is 34.0. The van der Waals surface area contributed by atoms with Crippen LogP contribution in [0, 0.1) is 0 Å². The molecule has 3 aliphatic rings. The van der Waals surface area contributed by atoms with Crippen molar-refractivity contribution in [1.29, 1.82) is 0 Å². The van der Waals surface area contributed by atoms with E-state index in [9.17, 15) is 0 Å². The normalized spacial score (nSPS) is 16.8. The highest BCUT2D eigenvalue weighted by molar-refractivity contribution is 6.63. The second kappa shape index (κ2) is 27.0. The molecule has 3 saturated heterocycles. The van der Waals surface area contributed by atoms with Gasteiger partial charge in [0.05, 0.1) is 33.6 Å². The minimum atomic E-state index is -0.380. The summed E-state index contributed by atoms with van der Waals surface area (Å²) in [5.74, 6) is 0. The van der Waals surface area contributed by atoms with Crippen LogP contribution in [-0.2, 0) is 27.9 Å². The van der Waals surface area contributed by atoms with E-state index in [1.165, 1.54) is 83.1 Å². The summed E-state index contributed by atoms with van der Waals surface area (Å²) in [4.78, 5) is 0. The first-order chi connectivity index (χ1) is 46.5. The lowest BCUT2D eigenvalue weighted by atomic mass is 9.78. The number of benzene rings is 12. The molecule has 15 rings (SSSR count). The van der Waals surface area contributed by atoms with Gasteiger partial charge in [-0.05, 0) is 236 Å². The topological polar surface area (TPSA) is 55.4 Å². The number of fused-ring (bicyclic) bond motifs is 1. The van der Waals surface area contributed by atoms with Crippen LogP contribution in [0.3, 0.4) is 0 Å². The smallest absolute Gasteiger partial charge is 0.399 e. The van der Waals surface area contributed by atoms with E-state index in [4.69, 9.17) is 27.9 Å². The van der Waals surface area contributed by atoms with Crippen LogP contribution in [0.5, 0.6) is 0 Å². The van der Waals surface area contributed by atoms with Crippen molar-refractivity contribution in [1.82, 2.24) is 0 Å². The van der Waals surface area contributed by atoms with Crippen LogP contribution in [0.15, 0.2) is 297 Å². The van der Waals surface area contributed by atoms with Gasteiger partial charge in [-0.1, -0.05) is 261 Å². The summed E-state index contributed by atoms with van der Waals surface area (Å²) >= 11 is 0. The maximum Gasteiger partial charge on any atom is 0.494 e. The van der Waals surface area contributed by atoms with Gasteiger partial charge in [0.25, 0.3) is 0 Å². The monoisotopic (exact) mass is 1270 g/mol. The Morgan fingerprint density at radius 1 is 0.186 bits per heavy atom. The first kappa shape index (κ1) is 66.5. The van der Waals surface area contributed by atoms with Gasteiger partial charge in [0, 0.05) is 0 Å². The van der Waals surface area contributed by atoms with E-state index in [0.717, 1.165) is 33.1 Å². The Balaban J connectivity index is 0.000000134. The second-order valence-corrected chi connectivity index (χ2v) is 28.8. The Labute approximate surface area is 576 Å². The van der Waals surface area contributed by atoms with Gasteiger partial charge in [-0.3, -0.25) is 0 Å². The van der Waals surface area contributed by atoms with Crippen molar-refractivity contribution in [2.45, 2.75) is 117 Å². The Morgan fingerprint density at radius 3 is 0.814 bits per heavy atom. The van der Waals surface area contributed by atoms with Crippen LogP contribution in [0.25, 0.3) is 99.8 Å². The molecule has 0 amide bonds. The average molecular weight is 1270 g/mol. The van der Waals surface area contributed by atoms with Crippen LogP contribution in [0.4, 0.5) is 0 Å². The summed E-state index contributed by atoms with van der Waals surface area (Å²) in [6.45, 7) is 25.0. The van der Waals surface area contributed by atoms with E-state index in [-0.39, 0.29) is 55.0 Å². The summed E-state index contributed by atoms with van der Waals surface area (Å²) in [6, 6.07) is 105. The van der Waals surface area contributed by atoms with Gasteiger partial charge in [0.1, 0.15) is 0 Å². The second-order valence-electron chi connectivity index (χ2n) is 28.8. The molecular weight excluding hydrogens is 1190 g/mol. The maximum absolute atomic E-state index is 6.32. The Bertz CT molecular complexity index is 4630. The largest absolute Gasteiger partial charge is 0.494 e. The van der Waals surface area contributed by atoms with Gasteiger partial charge in [0.2, 0.25) is 0 Å². The van der Waals surface area contributed by atoms with Gasteiger partial charge < -0.3 is 27.9 Å². The Hall–Kier alpha value is -9.15. The molecule has 0 atom stereocenters. The predicted octanol–water partition coefficient (Wildman–Crippen LogP) is 20.4. The Morgan fingerprint density at radius 2 is 0.433 bits per heavy atom. The molecule has 12 aromatic rings. The fourth-order valence-electron chi connectivity index (χ4n) is 12.6. The van der Waals surface area contributed by atoms with Crippen LogP contribution in [0.2, 0.25) is 0 Å². The quantitative estimate of drug-likeness (QED) is 0.120. The van der Waals surface area contributed by atoms with E-state index >= 15 is 0 Å². The summed E-state index contributed by atoms with van der Waals surface area (Å²) in [5, 5.41) is 2.53. The lowest BCUT2D eigenvalue weighted by Gasteiger charge is -2.32. The van der Waals surface area contributed by atoms with Crippen molar-refractivity contribution >= 4 is 48.5 Å². The average Bonchev–Trinajstić information content (AvgIpc) is 1.68. The van der Waals surface area contributed by atoms with Gasteiger partial charge >= 0.3 is 21.4 Å². The van der Waals surface area contributed by atoms with Gasteiger partial charge in [-0.25, -0.2) is 0 Å². The van der Waals surface area contributed by atoms with E-state index in [0.29, 0.717) is 0 Å². The van der Waals surface area contributed by atoms with Crippen molar-refractivity contribution in [2.75, 3.05) is 0 Å². The molecule has 3 aliphatic heterocycles. The van der Waals surface area contributed by atoms with Crippen molar-refractivity contribution in [3.8, 4) is 89.0 Å². The summed E-state index contributed by atoms with van der Waals surface area (Å²) < 4.78 is 37.5. The van der Waals surface area contributed by atoms with Crippen molar-refractivity contribution in [3.05, 3.63) is 297 Å². The van der Waals surface area contributed by atoms with E-state index < -0.39 is 0 Å². The lowest BCUT2D eigenvalue weighted by Crippen LogP contribution is -2.41. The minimum Gasteiger partial charge on any atom is -0.399 e. The molecule has 9 heteroatoms. The number of rotatable bonds is 11. The highest BCUT2D eigenvalue weighted by Crippen LogP contribution is 2.41. The molecule has 3 heterocycles. The SMILES string of the molecule is CC1(C)OB(c2ccc(-c3cccc4ccccc34)cc2)OC1(C)C.CC1(C)OB(c2cccc(-c3cccc(-c4cc(-c5ccccc5)cc(-c5ccccc5)c4)c3)c2)OC1(C)C.CC1(C)OB(c2cccc(-c3cccc(-c4cccc(-c5ccccc5)c4)c3)c2)OC1(C)C. The molecule has 482 valence electrons. The van der Waals surface area contributed by atoms with E-state index in [2.05, 4.69) is 380 Å². The fourth-order valence-corrected chi connectivity index (χ4v) is 12.6. The van der Waals surface area contributed by atoms with Gasteiger partial charge in [-0.2, -0.15) is 0 Å². The third-order valence-corrected chi connectivity index (χ3v) is 20.5. The highest BCUT2D eigenvalue weighted by atomic mass is 16.7. The summed E-state index contributed by atoms with van der Waals surface area (Å²) in [5.41, 5.74) is 20.2. The van der Waals surface area contributed by atoms with Crippen molar-refractivity contribution < 1.29 is 27.9 Å². The zero-order valence-electron chi connectivity index (χ0n) is 58.0. The molecule has 0 bridgehead atoms. The summed E-state index contributed by atoms with van der Waals surface area (Å²) in [7, 11) is -1.05. The molecule has 12 aromatic carbocycles. The van der Waals surface area contributed by atoms with E-state index in [1.807, 2.05) is 0 Å². The molecule has 0 saturated carbocycles. The van der Waals surface area contributed by atoms with E-state index in [1.54, 1.807) is 0 Å². The third kappa shape index (κ3) is 14.3. The fraction of sp³-hybridized carbons (Fsp3) is 0.205. The van der Waals surface area contributed by atoms with Crippen LogP contribution >= 0.6 is 0 Å². The molecule has 0 spiro atoms. The molecule has 6 nitrogen and oxygen atoms in total. The maximum atomic E-state index is 6.32. The zero-order valence-corrected chi connectivity index (χ0v) is 58.0. The van der Waals surface area contributed by atoms with Crippen LogP contribution in [-0.4, -0.2) is 55.0 Å². The third-order valence-electron chi connectivity index (χ3n) is 20.5. The zero-order chi connectivity index (χ0) is 67.7. The van der Waals surface area contributed by atoms with Crippen LogP contribution < -0.4 is 16.4 Å². The molecule has 97 heavy (non-hydrogen) atoms. The van der Waals surface area contributed by atoms with Gasteiger partial charge in [-0.15, -0.1) is 0 Å². The first-order valence-corrected chi connectivity index (χ1v) is 34.0. The molecule has 3 fully saturated rings. The predicted molar refractivity (Wildman–Crippen MR) is 407 cm³/mol. The molecule has 0 N–H and O–H groups in total. The van der Waals surface area contributed by atoms with Crippen molar-refractivity contribution in [3.63, 3.8) is 0 Å². The minimum absolute atomic E-state index is 0.313. The molecular formula is C88H85B3O6. The molecule has 0 aliphatic carbocycles. The van der Waals surface area contributed by atoms with Crippen LogP contribution in [0.1, 0.15) is 83.1 Å². The molecule has 0 unspecified atom stereocenters. The molecule has 0 radical (unpaired) electrons. The number of hydrogen-bond acceptors (Lipinski definition) is 6. The number of hydrogen-bond donors (Lipinski definition) is 0. The highest BCUT2D eigenvalue weighted by Gasteiger charge is 2.54. The molecule has 0 aromatic heterocycles. The summed E-state index contributed by atoms with van der Waals surface area (Å²) in [6.07, 6.45) is 0. The standard InChI is InChI=1S/C36H33BO2.C30H29BO2.C22H23BO2/c1-35(2)36(3,4)39-37(38-35)34-20-12-19-30(25-34)28-17-11-18-29(21-28)33-23-31(26-13-7-5-8-14-26)22-32(24-33)27-15-9-6-10-16-27;1-29(2)30(3,4)33-31(32-29)28-18-10-17-27(21-28)26-16-9-15-25(20-26)24-14-8-13-23(19-24)22-11-6-5-7-12-22;1-21(2)22(3,4)25-23(24-21)18-14-12-17(13-15-18)20-11-7-9-16-8-5-6-10-19(16)20/h5-25H,1-4H3;5-21H,1-4H3;5-15H,1-4H3. The van der Waals surface area contributed by atoms with Gasteiger partial charge in [0.15, 0.2) is 0 Å². The van der Waals surface area contributed by atoms with Crippen molar-refractivity contribution in [2.24, 2.45) is 0 Å². The lowest BCUT2D eigenvalue weighted by molar-refractivity contribution is 0.00578. The Kier molecular flexibility index (Phi) is 18.5.